The van der Waals surface area contributed by atoms with Crippen molar-refractivity contribution < 1.29 is 18.1 Å². The molecule has 2 unspecified atom stereocenters. The van der Waals surface area contributed by atoms with Crippen molar-refractivity contribution in [3.05, 3.63) is 28.3 Å². The Balaban J connectivity index is 2.42. The Kier molecular flexibility index (Phi) is 4.48. The van der Waals surface area contributed by atoms with Crippen LogP contribution in [0.4, 0.5) is 11.4 Å². The van der Waals surface area contributed by atoms with Gasteiger partial charge in [0.25, 0.3) is 0 Å². The molecule has 2 atom stereocenters. The molecule has 1 N–H and O–H groups in total. The number of benzene rings is 1. The van der Waals surface area contributed by atoms with Crippen LogP contribution in [0, 0.1) is 10.1 Å². The van der Waals surface area contributed by atoms with Gasteiger partial charge in [-0.2, -0.15) is 0 Å². The van der Waals surface area contributed by atoms with Crippen molar-refractivity contribution in [1.29, 1.82) is 0 Å². The summed E-state index contributed by atoms with van der Waals surface area (Å²) in [6.45, 7) is 0. The molecule has 1 saturated carbocycles. The highest BCUT2D eigenvalue weighted by Crippen LogP contribution is 2.34. The average Bonchev–Trinajstić information content (AvgIpc) is 2.84. The Morgan fingerprint density at radius 3 is 2.67 bits per heavy atom. The summed E-state index contributed by atoms with van der Waals surface area (Å²) in [6, 6.07) is 4.23. The zero-order chi connectivity index (χ0) is 15.6. The number of hydrogen-bond acceptors (Lipinski definition) is 6. The van der Waals surface area contributed by atoms with E-state index in [0.29, 0.717) is 0 Å². The predicted octanol–water partition coefficient (Wildman–Crippen LogP) is 1.98. The van der Waals surface area contributed by atoms with Crippen molar-refractivity contribution in [2.45, 2.75) is 36.3 Å². The lowest BCUT2D eigenvalue weighted by molar-refractivity contribution is -0.386. The van der Waals surface area contributed by atoms with E-state index in [1.165, 1.54) is 18.2 Å². The molecule has 0 radical (unpaired) electrons. The van der Waals surface area contributed by atoms with Gasteiger partial charge in [0.15, 0.2) is 9.84 Å². The highest BCUT2D eigenvalue weighted by atomic mass is 32.2. The van der Waals surface area contributed by atoms with Gasteiger partial charge in [0.1, 0.15) is 10.6 Å². The minimum absolute atomic E-state index is 0.0218. The summed E-state index contributed by atoms with van der Waals surface area (Å²) >= 11 is 0. The molecule has 1 aliphatic rings. The van der Waals surface area contributed by atoms with Crippen LogP contribution in [0.3, 0.4) is 0 Å². The lowest BCUT2D eigenvalue weighted by Crippen LogP contribution is -2.30. The van der Waals surface area contributed by atoms with E-state index >= 15 is 0 Å². The summed E-state index contributed by atoms with van der Waals surface area (Å²) in [5.41, 5.74) is -0.182. The fourth-order valence-electron chi connectivity index (χ4n) is 2.70. The lowest BCUT2D eigenvalue weighted by Gasteiger charge is -2.21. The molecular formula is C13H18N2O5S. The van der Waals surface area contributed by atoms with E-state index in [-0.39, 0.29) is 22.7 Å². The number of anilines is 1. The smallest absolute Gasteiger partial charge is 0.310 e. The largest absolute Gasteiger partial charge is 0.379 e. The number of sulfone groups is 1. The van der Waals surface area contributed by atoms with Crippen LogP contribution >= 0.6 is 0 Å². The molecule has 1 fully saturated rings. The molecule has 0 spiro atoms. The topological polar surface area (TPSA) is 98.5 Å². The Morgan fingerprint density at radius 2 is 2.10 bits per heavy atom. The number of hydrogen-bond donors (Lipinski definition) is 1. The molecular weight excluding hydrogens is 296 g/mol. The SMILES string of the molecule is COC1CCCC1Nc1cccc(S(C)(=O)=O)c1[N+](=O)[O-]. The molecule has 0 aliphatic heterocycles. The molecule has 2 rings (SSSR count). The molecule has 8 heteroatoms. The summed E-state index contributed by atoms with van der Waals surface area (Å²) in [6.07, 6.45) is 3.63. The van der Waals surface area contributed by atoms with E-state index < -0.39 is 20.4 Å². The van der Waals surface area contributed by atoms with Crippen molar-refractivity contribution >= 4 is 21.2 Å². The number of ether oxygens (including phenoxy) is 1. The van der Waals surface area contributed by atoms with Crippen LogP contribution in [-0.4, -0.2) is 38.9 Å². The molecule has 1 aliphatic carbocycles. The van der Waals surface area contributed by atoms with Gasteiger partial charge in [-0.25, -0.2) is 8.42 Å². The van der Waals surface area contributed by atoms with Crippen molar-refractivity contribution in [2.24, 2.45) is 0 Å². The van der Waals surface area contributed by atoms with Crippen molar-refractivity contribution in [1.82, 2.24) is 0 Å². The summed E-state index contributed by atoms with van der Waals surface area (Å²) in [7, 11) is -2.06. The third kappa shape index (κ3) is 3.33. The normalized spacial score (nSPS) is 22.2. The molecule has 0 bridgehead atoms. The van der Waals surface area contributed by atoms with Crippen LogP contribution in [0.5, 0.6) is 0 Å². The van der Waals surface area contributed by atoms with Crippen LogP contribution in [0.25, 0.3) is 0 Å². The second kappa shape index (κ2) is 5.98. The summed E-state index contributed by atoms with van der Waals surface area (Å²) in [5, 5.41) is 14.4. The first-order chi connectivity index (χ1) is 9.84. The highest BCUT2D eigenvalue weighted by molar-refractivity contribution is 7.90. The van der Waals surface area contributed by atoms with Crippen LogP contribution < -0.4 is 5.32 Å². The third-order valence-corrected chi connectivity index (χ3v) is 4.81. The first-order valence-electron chi connectivity index (χ1n) is 6.61. The molecule has 21 heavy (non-hydrogen) atoms. The predicted molar refractivity (Wildman–Crippen MR) is 78.3 cm³/mol. The fourth-order valence-corrected chi connectivity index (χ4v) is 3.56. The van der Waals surface area contributed by atoms with Gasteiger partial charge in [-0.15, -0.1) is 0 Å². The lowest BCUT2D eigenvalue weighted by atomic mass is 10.2. The summed E-state index contributed by atoms with van der Waals surface area (Å²) in [5.74, 6) is 0. The number of rotatable bonds is 5. The monoisotopic (exact) mass is 314 g/mol. The zero-order valence-corrected chi connectivity index (χ0v) is 12.7. The van der Waals surface area contributed by atoms with E-state index in [1.54, 1.807) is 7.11 Å². The van der Waals surface area contributed by atoms with E-state index in [4.69, 9.17) is 4.74 Å². The molecule has 116 valence electrons. The van der Waals surface area contributed by atoms with E-state index in [0.717, 1.165) is 25.5 Å². The number of nitrogens with one attached hydrogen (secondary N) is 1. The Hall–Kier alpha value is -1.67. The maximum atomic E-state index is 11.7. The number of nitro groups is 1. The number of methoxy groups -OCH3 is 1. The highest BCUT2D eigenvalue weighted by Gasteiger charge is 2.31. The minimum atomic E-state index is -3.67. The van der Waals surface area contributed by atoms with Crippen LogP contribution in [0.2, 0.25) is 0 Å². The molecule has 1 aromatic carbocycles. The first-order valence-corrected chi connectivity index (χ1v) is 8.50. The summed E-state index contributed by atoms with van der Waals surface area (Å²) in [4.78, 5) is 10.4. The second-order valence-electron chi connectivity index (χ2n) is 5.14. The van der Waals surface area contributed by atoms with Crippen molar-refractivity contribution in [3.63, 3.8) is 0 Å². The Labute approximate surface area is 123 Å². The van der Waals surface area contributed by atoms with E-state index in [2.05, 4.69) is 5.32 Å². The van der Waals surface area contributed by atoms with Gasteiger partial charge in [-0.3, -0.25) is 10.1 Å². The van der Waals surface area contributed by atoms with Gasteiger partial charge in [-0.1, -0.05) is 6.07 Å². The van der Waals surface area contributed by atoms with Crippen LogP contribution in [0.15, 0.2) is 23.1 Å². The van der Waals surface area contributed by atoms with Gasteiger partial charge in [0, 0.05) is 13.4 Å². The Morgan fingerprint density at radius 1 is 1.38 bits per heavy atom. The quantitative estimate of drug-likeness (QED) is 0.659. The standard InChI is InChI=1S/C13H18N2O5S/c1-20-11-7-3-5-9(11)14-10-6-4-8-12(21(2,18)19)13(10)15(16)17/h4,6,8-9,11,14H,3,5,7H2,1-2H3. The second-order valence-corrected chi connectivity index (χ2v) is 7.12. The Bertz CT molecular complexity index is 644. The van der Waals surface area contributed by atoms with Gasteiger partial charge in [0.2, 0.25) is 0 Å². The number of nitrogens with zero attached hydrogens (tertiary/aromatic N) is 1. The number of para-hydroxylation sites is 1. The van der Waals surface area contributed by atoms with E-state index in [9.17, 15) is 18.5 Å². The van der Waals surface area contributed by atoms with Crippen molar-refractivity contribution in [2.75, 3.05) is 18.7 Å². The van der Waals surface area contributed by atoms with Crippen LogP contribution in [-0.2, 0) is 14.6 Å². The van der Waals surface area contributed by atoms with Gasteiger partial charge < -0.3 is 10.1 Å². The maximum Gasteiger partial charge on any atom is 0.310 e. The first kappa shape index (κ1) is 15.7. The third-order valence-electron chi connectivity index (χ3n) is 3.68. The fraction of sp³-hybridized carbons (Fsp3) is 0.538. The van der Waals surface area contributed by atoms with E-state index in [1.807, 2.05) is 0 Å². The maximum absolute atomic E-state index is 11.7. The average molecular weight is 314 g/mol. The van der Waals surface area contributed by atoms with Gasteiger partial charge >= 0.3 is 5.69 Å². The van der Waals surface area contributed by atoms with Gasteiger partial charge in [0.05, 0.1) is 17.1 Å². The summed E-state index contributed by atoms with van der Waals surface area (Å²) < 4.78 is 28.8. The van der Waals surface area contributed by atoms with Crippen molar-refractivity contribution in [3.8, 4) is 0 Å². The molecule has 0 saturated heterocycles. The van der Waals surface area contributed by atoms with Crippen LogP contribution in [0.1, 0.15) is 19.3 Å². The van der Waals surface area contributed by atoms with Gasteiger partial charge in [-0.05, 0) is 31.4 Å². The molecule has 7 nitrogen and oxygen atoms in total. The zero-order valence-electron chi connectivity index (χ0n) is 11.9. The minimum Gasteiger partial charge on any atom is -0.379 e. The molecule has 0 heterocycles. The molecule has 0 aromatic heterocycles. The number of nitro benzene ring substituents is 1. The molecule has 0 amide bonds. The molecule has 1 aromatic rings.